The molecule has 1 aromatic carbocycles. The summed E-state index contributed by atoms with van der Waals surface area (Å²) in [5, 5.41) is 1.08. The molecule has 0 aliphatic rings. The van der Waals surface area contributed by atoms with E-state index < -0.39 is 0 Å². The fourth-order valence-corrected chi connectivity index (χ4v) is 2.40. The van der Waals surface area contributed by atoms with Crippen molar-refractivity contribution in [1.29, 1.82) is 0 Å². The molecular formula is C15H21NO2S. The van der Waals surface area contributed by atoms with Gasteiger partial charge in [0, 0.05) is 6.07 Å². The van der Waals surface area contributed by atoms with Gasteiger partial charge in [0.25, 0.3) is 0 Å². The lowest BCUT2D eigenvalue weighted by molar-refractivity contribution is 0.306. The van der Waals surface area contributed by atoms with Crippen molar-refractivity contribution in [2.75, 3.05) is 7.11 Å². The van der Waals surface area contributed by atoms with E-state index in [2.05, 4.69) is 4.98 Å². The number of hydrogen-bond acceptors (Lipinski definition) is 4. The van der Waals surface area contributed by atoms with E-state index in [0.717, 1.165) is 22.2 Å². The molecule has 104 valence electrons. The Morgan fingerprint density at radius 2 is 1.84 bits per heavy atom. The molecule has 3 nitrogen and oxygen atoms in total. The minimum absolute atomic E-state index is 0.560. The molecule has 1 heterocycles. The fourth-order valence-electron chi connectivity index (χ4n) is 1.55. The van der Waals surface area contributed by atoms with Crippen LogP contribution in [0.1, 0.15) is 29.4 Å². The number of methoxy groups -OCH3 is 1. The van der Waals surface area contributed by atoms with Gasteiger partial charge in [-0.3, -0.25) is 0 Å². The number of aryl methyl sites for hydroxylation is 2. The average Bonchev–Trinajstić information content (AvgIpc) is 2.77. The maximum atomic E-state index is 5.72. The van der Waals surface area contributed by atoms with E-state index in [1.54, 1.807) is 18.4 Å². The molecule has 0 bridgehead atoms. The Morgan fingerprint density at radius 3 is 2.42 bits per heavy atom. The summed E-state index contributed by atoms with van der Waals surface area (Å²) in [4.78, 5) is 5.54. The van der Waals surface area contributed by atoms with E-state index in [0.29, 0.717) is 6.61 Å². The van der Waals surface area contributed by atoms with Gasteiger partial charge in [-0.2, -0.15) is 0 Å². The highest BCUT2D eigenvalue weighted by Gasteiger charge is 2.05. The molecular weight excluding hydrogens is 258 g/mol. The Bertz CT molecular complexity index is 509. The van der Waals surface area contributed by atoms with E-state index in [-0.39, 0.29) is 0 Å². The third-order valence-electron chi connectivity index (χ3n) is 2.41. The Kier molecular flexibility index (Phi) is 6.36. The molecule has 0 spiro atoms. The van der Waals surface area contributed by atoms with Crippen LogP contribution in [0.2, 0.25) is 0 Å². The van der Waals surface area contributed by atoms with Gasteiger partial charge < -0.3 is 9.47 Å². The number of thiazole rings is 1. The summed E-state index contributed by atoms with van der Waals surface area (Å²) in [5.74, 6) is 1.62. The van der Waals surface area contributed by atoms with Crippen molar-refractivity contribution >= 4 is 11.3 Å². The summed E-state index contributed by atoms with van der Waals surface area (Å²) < 4.78 is 10.9. The zero-order valence-corrected chi connectivity index (χ0v) is 13.0. The van der Waals surface area contributed by atoms with Crippen molar-refractivity contribution in [2.24, 2.45) is 0 Å². The molecule has 0 N–H and O–H groups in total. The van der Waals surface area contributed by atoms with Crippen LogP contribution in [0.5, 0.6) is 11.5 Å². The first-order valence-electron chi connectivity index (χ1n) is 6.39. The first-order valence-corrected chi connectivity index (χ1v) is 7.20. The van der Waals surface area contributed by atoms with E-state index in [1.165, 1.54) is 4.88 Å². The lowest BCUT2D eigenvalue weighted by Gasteiger charge is -2.06. The van der Waals surface area contributed by atoms with Crippen LogP contribution < -0.4 is 9.47 Å². The monoisotopic (exact) mass is 279 g/mol. The molecule has 0 radical (unpaired) electrons. The first-order chi connectivity index (χ1) is 9.19. The maximum absolute atomic E-state index is 5.72. The van der Waals surface area contributed by atoms with Crippen molar-refractivity contribution in [3.8, 4) is 11.5 Å². The van der Waals surface area contributed by atoms with Crippen molar-refractivity contribution in [1.82, 2.24) is 4.98 Å². The second-order valence-electron chi connectivity index (χ2n) is 3.71. The van der Waals surface area contributed by atoms with Gasteiger partial charge in [-0.05, 0) is 26.0 Å². The third-order valence-corrected chi connectivity index (χ3v) is 3.46. The summed E-state index contributed by atoms with van der Waals surface area (Å²) in [5.41, 5.74) is 1.05. The molecule has 0 atom stereocenters. The molecule has 0 amide bonds. The largest absolute Gasteiger partial charge is 0.497 e. The zero-order chi connectivity index (χ0) is 14.3. The topological polar surface area (TPSA) is 31.4 Å². The van der Waals surface area contributed by atoms with Crippen LogP contribution >= 0.6 is 11.3 Å². The summed E-state index contributed by atoms with van der Waals surface area (Å²) >= 11 is 1.68. The number of ether oxygens (including phenoxy) is 2. The van der Waals surface area contributed by atoms with Crippen molar-refractivity contribution in [2.45, 2.75) is 34.3 Å². The highest BCUT2D eigenvalue weighted by molar-refractivity contribution is 7.11. The molecule has 0 aliphatic heterocycles. The molecule has 0 unspecified atom stereocenters. The second-order valence-corrected chi connectivity index (χ2v) is 5.00. The molecule has 4 heteroatoms. The SMILES string of the molecule is CC.COc1cccc(OCc2sc(C)nc2C)c1. The molecule has 0 saturated heterocycles. The predicted molar refractivity (Wildman–Crippen MR) is 80.3 cm³/mol. The van der Waals surface area contributed by atoms with Gasteiger partial charge in [0.15, 0.2) is 0 Å². The number of rotatable bonds is 4. The molecule has 0 fully saturated rings. The number of nitrogens with zero attached hydrogens (tertiary/aromatic N) is 1. The van der Waals surface area contributed by atoms with E-state index in [9.17, 15) is 0 Å². The summed E-state index contributed by atoms with van der Waals surface area (Å²) in [6, 6.07) is 7.61. The Balaban J connectivity index is 0.000000861. The zero-order valence-electron chi connectivity index (χ0n) is 12.2. The lowest BCUT2D eigenvalue weighted by atomic mass is 10.3. The van der Waals surface area contributed by atoms with Gasteiger partial charge in [-0.1, -0.05) is 19.9 Å². The number of aromatic nitrogens is 1. The van der Waals surface area contributed by atoms with E-state index in [4.69, 9.17) is 9.47 Å². The number of hydrogen-bond donors (Lipinski definition) is 0. The standard InChI is InChI=1S/C13H15NO2S.C2H6/c1-9-13(17-10(2)14-9)8-16-12-6-4-5-11(7-12)15-3;1-2/h4-7H,8H2,1-3H3;1-2H3. The highest BCUT2D eigenvalue weighted by atomic mass is 32.1. The minimum atomic E-state index is 0.560. The first kappa shape index (κ1) is 15.5. The van der Waals surface area contributed by atoms with Crippen molar-refractivity contribution < 1.29 is 9.47 Å². The summed E-state index contributed by atoms with van der Waals surface area (Å²) in [6.07, 6.45) is 0. The smallest absolute Gasteiger partial charge is 0.124 e. The van der Waals surface area contributed by atoms with Crippen LogP contribution in [0.15, 0.2) is 24.3 Å². The van der Waals surface area contributed by atoms with Crippen LogP contribution in [0, 0.1) is 13.8 Å². The fraction of sp³-hybridized carbons (Fsp3) is 0.400. The lowest BCUT2D eigenvalue weighted by Crippen LogP contribution is -1.95. The highest BCUT2D eigenvalue weighted by Crippen LogP contribution is 2.22. The third kappa shape index (κ3) is 4.56. The van der Waals surface area contributed by atoms with Crippen LogP contribution in [-0.4, -0.2) is 12.1 Å². The molecule has 19 heavy (non-hydrogen) atoms. The Morgan fingerprint density at radius 1 is 1.16 bits per heavy atom. The van der Waals surface area contributed by atoms with Gasteiger partial charge in [-0.25, -0.2) is 4.98 Å². The van der Waals surface area contributed by atoms with Gasteiger partial charge in [0.1, 0.15) is 18.1 Å². The predicted octanol–water partition coefficient (Wildman–Crippen LogP) is 4.37. The van der Waals surface area contributed by atoms with Crippen LogP contribution in [0.4, 0.5) is 0 Å². The van der Waals surface area contributed by atoms with Crippen LogP contribution in [0.25, 0.3) is 0 Å². The van der Waals surface area contributed by atoms with Crippen molar-refractivity contribution in [3.05, 3.63) is 39.8 Å². The average molecular weight is 279 g/mol. The number of benzene rings is 1. The Hall–Kier alpha value is -1.55. The molecule has 1 aromatic heterocycles. The quantitative estimate of drug-likeness (QED) is 0.832. The van der Waals surface area contributed by atoms with Gasteiger partial charge >= 0.3 is 0 Å². The molecule has 2 rings (SSSR count). The molecule has 0 aliphatic carbocycles. The van der Waals surface area contributed by atoms with Gasteiger partial charge in [0.2, 0.25) is 0 Å². The second kappa shape index (κ2) is 7.79. The van der Waals surface area contributed by atoms with Crippen LogP contribution in [-0.2, 0) is 6.61 Å². The van der Waals surface area contributed by atoms with Crippen molar-refractivity contribution in [3.63, 3.8) is 0 Å². The normalized spacial score (nSPS) is 9.53. The summed E-state index contributed by atoms with van der Waals surface area (Å²) in [6.45, 7) is 8.57. The Labute approximate surface area is 119 Å². The summed E-state index contributed by atoms with van der Waals surface area (Å²) in [7, 11) is 1.65. The maximum Gasteiger partial charge on any atom is 0.124 e. The molecule has 2 aromatic rings. The van der Waals surface area contributed by atoms with Crippen LogP contribution in [0.3, 0.4) is 0 Å². The van der Waals surface area contributed by atoms with E-state index >= 15 is 0 Å². The van der Waals surface area contributed by atoms with Gasteiger partial charge in [-0.15, -0.1) is 11.3 Å². The van der Waals surface area contributed by atoms with Gasteiger partial charge in [0.05, 0.1) is 22.7 Å². The molecule has 0 saturated carbocycles. The minimum Gasteiger partial charge on any atom is -0.497 e. The van der Waals surface area contributed by atoms with E-state index in [1.807, 2.05) is 52.0 Å².